The average molecular weight is 402 g/mol. The maximum absolute atomic E-state index is 9.49. The molecule has 3 heterocycles. The van der Waals surface area contributed by atoms with Crippen molar-refractivity contribution in [3.63, 3.8) is 0 Å². The first-order valence-corrected chi connectivity index (χ1v) is 8.61. The van der Waals surface area contributed by atoms with Gasteiger partial charge in [-0.1, -0.05) is 0 Å². The van der Waals surface area contributed by atoms with E-state index in [1.165, 1.54) is 0 Å². The van der Waals surface area contributed by atoms with Crippen molar-refractivity contribution in [3.8, 4) is 30.3 Å². The lowest BCUT2D eigenvalue weighted by molar-refractivity contribution is 1.13. The van der Waals surface area contributed by atoms with Crippen molar-refractivity contribution in [2.45, 2.75) is 6.92 Å². The van der Waals surface area contributed by atoms with Crippen LogP contribution in [-0.2, 0) is 0 Å². The second kappa shape index (κ2) is 7.14. The Morgan fingerprint density at radius 3 is 1.10 bits per heavy atom. The van der Waals surface area contributed by atoms with Gasteiger partial charge in [0.2, 0.25) is 0 Å². The van der Waals surface area contributed by atoms with Crippen molar-refractivity contribution in [2.24, 2.45) is 0 Å². The van der Waals surface area contributed by atoms with E-state index in [1.807, 2.05) is 19.1 Å². The van der Waals surface area contributed by atoms with E-state index >= 15 is 0 Å². The van der Waals surface area contributed by atoms with Crippen LogP contribution < -0.4 is 5.32 Å². The Kier molecular flexibility index (Phi) is 4.34. The van der Waals surface area contributed by atoms with Crippen LogP contribution in [0.1, 0.15) is 35.4 Å². The van der Waals surface area contributed by atoms with Crippen LogP contribution in [0.5, 0.6) is 0 Å². The van der Waals surface area contributed by atoms with Crippen LogP contribution in [0.2, 0.25) is 0 Å². The van der Waals surface area contributed by atoms with Gasteiger partial charge in [-0.25, -0.2) is 29.9 Å². The van der Waals surface area contributed by atoms with Gasteiger partial charge < -0.3 is 5.32 Å². The number of nitriles is 5. The summed E-state index contributed by atoms with van der Waals surface area (Å²) in [5.41, 5.74) is -0.485. The van der Waals surface area contributed by atoms with E-state index in [1.54, 1.807) is 18.2 Å². The summed E-state index contributed by atoms with van der Waals surface area (Å²) in [6, 6.07) is 9.14. The number of nitrogens with one attached hydrogen (secondary N) is 1. The minimum absolute atomic E-state index is 0.0261. The van der Waals surface area contributed by atoms with Crippen LogP contribution in [0, 0.1) is 56.7 Å². The molecule has 0 aliphatic carbocycles. The quantitative estimate of drug-likeness (QED) is 0.470. The largest absolute Gasteiger partial charge is 0.368 e. The van der Waals surface area contributed by atoms with Crippen LogP contribution in [0.15, 0.2) is 0 Å². The molecule has 0 aliphatic rings. The van der Waals surface area contributed by atoms with Crippen molar-refractivity contribution < 1.29 is 0 Å². The molecule has 1 aromatic carbocycles. The molecule has 0 radical (unpaired) electrons. The number of aromatic nitrogens is 6. The van der Waals surface area contributed by atoms with Crippen molar-refractivity contribution in [3.05, 3.63) is 28.5 Å². The molecule has 4 rings (SSSR count). The van der Waals surface area contributed by atoms with E-state index in [0.29, 0.717) is 6.54 Å². The van der Waals surface area contributed by atoms with Gasteiger partial charge in [-0.05, 0) is 6.92 Å². The van der Waals surface area contributed by atoms with Gasteiger partial charge in [0.1, 0.15) is 63.4 Å². The van der Waals surface area contributed by atoms with Crippen molar-refractivity contribution in [1.82, 2.24) is 29.9 Å². The summed E-state index contributed by atoms with van der Waals surface area (Å²) in [5.74, 6) is 0.185. The number of nitrogens with zero attached hydrogens (tertiary/aromatic N) is 11. The predicted octanol–water partition coefficient (Wildman–Crippen LogP) is 1.31. The fraction of sp³-hybridized carbons (Fsp3) is 0.105. The third kappa shape index (κ3) is 2.72. The minimum Gasteiger partial charge on any atom is -0.368 e. The molecule has 0 aliphatic heterocycles. The lowest BCUT2D eigenvalue weighted by Gasteiger charge is -2.11. The number of hydrogen-bond acceptors (Lipinski definition) is 12. The highest BCUT2D eigenvalue weighted by atomic mass is 15.0. The third-order valence-electron chi connectivity index (χ3n) is 4.23. The van der Waals surface area contributed by atoms with Crippen LogP contribution in [-0.4, -0.2) is 36.4 Å². The third-order valence-corrected chi connectivity index (χ3v) is 4.23. The first-order valence-electron chi connectivity index (χ1n) is 8.61. The van der Waals surface area contributed by atoms with E-state index < -0.39 is 0 Å². The molecule has 0 fully saturated rings. The Labute approximate surface area is 173 Å². The van der Waals surface area contributed by atoms with Gasteiger partial charge in [0.25, 0.3) is 0 Å². The fourth-order valence-corrected chi connectivity index (χ4v) is 2.98. The van der Waals surface area contributed by atoms with E-state index in [9.17, 15) is 26.3 Å². The molecule has 3 aromatic heterocycles. The van der Waals surface area contributed by atoms with Gasteiger partial charge in [-0.15, -0.1) is 0 Å². The molecule has 12 heteroatoms. The molecular formula is C19H6N12. The predicted molar refractivity (Wildman–Crippen MR) is 103 cm³/mol. The zero-order valence-corrected chi connectivity index (χ0v) is 15.6. The molecular weight excluding hydrogens is 396 g/mol. The molecule has 31 heavy (non-hydrogen) atoms. The van der Waals surface area contributed by atoms with Crippen LogP contribution in [0.25, 0.3) is 33.1 Å². The Morgan fingerprint density at radius 1 is 0.516 bits per heavy atom. The molecule has 0 bridgehead atoms. The second-order valence-corrected chi connectivity index (χ2v) is 5.94. The van der Waals surface area contributed by atoms with Crippen molar-refractivity contribution >= 4 is 38.9 Å². The number of fused-ring (bicyclic) bond motifs is 6. The molecule has 0 unspecified atom stereocenters. The summed E-state index contributed by atoms with van der Waals surface area (Å²) in [7, 11) is 0. The first kappa shape index (κ1) is 18.8. The van der Waals surface area contributed by atoms with E-state index in [-0.39, 0.29) is 67.4 Å². The molecule has 0 atom stereocenters. The Bertz CT molecular complexity index is 1600. The van der Waals surface area contributed by atoms with Crippen molar-refractivity contribution in [1.29, 1.82) is 26.3 Å². The van der Waals surface area contributed by atoms with Crippen LogP contribution in [0.4, 0.5) is 5.82 Å². The molecule has 0 saturated carbocycles. The lowest BCUT2D eigenvalue weighted by Crippen LogP contribution is -2.07. The maximum atomic E-state index is 9.49. The monoisotopic (exact) mass is 402 g/mol. The highest BCUT2D eigenvalue weighted by Crippen LogP contribution is 2.31. The minimum atomic E-state index is -0.252. The summed E-state index contributed by atoms with van der Waals surface area (Å²) in [6.07, 6.45) is 0. The topological polar surface area (TPSA) is 208 Å². The summed E-state index contributed by atoms with van der Waals surface area (Å²) < 4.78 is 0. The fourth-order valence-electron chi connectivity index (χ4n) is 2.98. The normalized spacial score (nSPS) is 10.1. The number of hydrogen-bond donors (Lipinski definition) is 1. The van der Waals surface area contributed by atoms with Gasteiger partial charge in [-0.2, -0.15) is 26.3 Å². The van der Waals surface area contributed by atoms with Gasteiger partial charge in [0, 0.05) is 6.54 Å². The lowest BCUT2D eigenvalue weighted by atomic mass is 10.1. The van der Waals surface area contributed by atoms with Gasteiger partial charge in [0.15, 0.2) is 34.3 Å². The summed E-state index contributed by atoms with van der Waals surface area (Å²) >= 11 is 0. The Morgan fingerprint density at radius 2 is 0.806 bits per heavy atom. The van der Waals surface area contributed by atoms with E-state index in [2.05, 4.69) is 35.2 Å². The van der Waals surface area contributed by atoms with Gasteiger partial charge >= 0.3 is 0 Å². The zero-order valence-electron chi connectivity index (χ0n) is 15.6. The Balaban J connectivity index is 2.36. The highest BCUT2D eigenvalue weighted by Gasteiger charge is 2.22. The summed E-state index contributed by atoms with van der Waals surface area (Å²) in [6.45, 7) is 2.27. The molecule has 12 nitrogen and oxygen atoms in total. The molecule has 1 N–H and O–H groups in total. The second-order valence-electron chi connectivity index (χ2n) is 5.94. The summed E-state index contributed by atoms with van der Waals surface area (Å²) in [5, 5.41) is 49.8. The number of anilines is 1. The smallest absolute Gasteiger partial charge is 0.183 e. The van der Waals surface area contributed by atoms with Gasteiger partial charge in [0.05, 0.1) is 0 Å². The van der Waals surface area contributed by atoms with Crippen molar-refractivity contribution in [2.75, 3.05) is 11.9 Å². The standard InChI is InChI=1S/C19H6N12/c1-2-25-19-12(7-24)30-17-15-13(26-8(3-20)9(4-21)28-15)14-16(18(17)31-19)29-11(6-23)10(5-22)27-14/h2H2,1H3,(H,25,31). The number of rotatable bonds is 2. The molecule has 0 spiro atoms. The average Bonchev–Trinajstić information content (AvgIpc) is 2.82. The molecule has 142 valence electrons. The first-order chi connectivity index (χ1) is 15.1. The summed E-state index contributed by atoms with van der Waals surface area (Å²) in [4.78, 5) is 25.6. The van der Waals surface area contributed by atoms with Gasteiger partial charge in [-0.3, -0.25) is 0 Å². The molecule has 4 aromatic rings. The highest BCUT2D eigenvalue weighted by molar-refractivity contribution is 6.18. The van der Waals surface area contributed by atoms with Crippen LogP contribution >= 0.6 is 0 Å². The van der Waals surface area contributed by atoms with E-state index in [0.717, 1.165) is 0 Å². The SMILES string of the molecule is CCNc1nc2c3nc(C#N)c(C#N)nc3c3nc(C#N)c(C#N)nc3c2nc1C#N. The zero-order chi connectivity index (χ0) is 22.1. The molecule has 0 amide bonds. The molecule has 0 saturated heterocycles. The Hall–Kier alpha value is -5.51. The maximum Gasteiger partial charge on any atom is 0.183 e. The van der Waals surface area contributed by atoms with E-state index in [4.69, 9.17) is 0 Å². The number of benzene rings is 1. The van der Waals surface area contributed by atoms with Crippen LogP contribution in [0.3, 0.4) is 0 Å².